The molecule has 0 aliphatic carbocycles. The van der Waals surface area contributed by atoms with Gasteiger partial charge in [0.05, 0.1) is 16.9 Å². The summed E-state index contributed by atoms with van der Waals surface area (Å²) in [5.74, 6) is 8.03. The number of rotatable bonds is 2. The van der Waals surface area contributed by atoms with Crippen LogP contribution in [0.5, 0.6) is 0 Å². The Morgan fingerprint density at radius 3 is 2.18 bits per heavy atom. The Morgan fingerprint density at radius 2 is 1.55 bits per heavy atom. The van der Waals surface area contributed by atoms with E-state index in [1.54, 1.807) is 0 Å². The van der Waals surface area contributed by atoms with Gasteiger partial charge in [0, 0.05) is 15.4 Å². The summed E-state index contributed by atoms with van der Waals surface area (Å²) in [6, 6.07) is 6.31. The monoisotopic (exact) mass is 394 g/mol. The zero-order chi connectivity index (χ0) is 15.5. The fourth-order valence-corrected chi connectivity index (χ4v) is 9.59. The zero-order valence-corrected chi connectivity index (χ0v) is 16.7. The maximum Gasteiger partial charge on any atom is 0.0717 e. The van der Waals surface area contributed by atoms with Gasteiger partial charge >= 0.3 is 0 Å². The molecule has 22 heavy (non-hydrogen) atoms. The van der Waals surface area contributed by atoms with Crippen molar-refractivity contribution in [3.63, 3.8) is 0 Å². The first-order valence-corrected chi connectivity index (χ1v) is 11.8. The molecule has 2 aliphatic rings. The summed E-state index contributed by atoms with van der Waals surface area (Å²) < 4.78 is 5.61. The van der Waals surface area contributed by atoms with Gasteiger partial charge in [-0.3, -0.25) is 0 Å². The van der Waals surface area contributed by atoms with E-state index in [1.165, 1.54) is 26.7 Å². The van der Waals surface area contributed by atoms with Crippen LogP contribution < -0.4 is 0 Å². The predicted octanol–water partition coefficient (Wildman–Crippen LogP) is 6.33. The van der Waals surface area contributed by atoms with Gasteiger partial charge in [-0.1, -0.05) is 53.0 Å². The third-order valence-electron chi connectivity index (χ3n) is 2.70. The van der Waals surface area contributed by atoms with Crippen LogP contribution >= 0.6 is 70.6 Å². The van der Waals surface area contributed by atoms with Crippen molar-refractivity contribution >= 4 is 70.6 Å². The van der Waals surface area contributed by atoms with E-state index in [9.17, 15) is 0 Å². The fourth-order valence-electron chi connectivity index (χ4n) is 1.77. The second kappa shape index (κ2) is 7.66. The van der Waals surface area contributed by atoms with Crippen LogP contribution in [-0.2, 0) is 0 Å². The average Bonchev–Trinajstić information content (AvgIpc) is 3.15. The molecule has 0 N–H and O–H groups in total. The maximum atomic E-state index is 5.19. The molecule has 0 amide bonds. The van der Waals surface area contributed by atoms with Gasteiger partial charge in [0.1, 0.15) is 0 Å². The van der Waals surface area contributed by atoms with Gasteiger partial charge in [-0.15, -0.1) is 29.9 Å². The van der Waals surface area contributed by atoms with Crippen LogP contribution in [-0.4, -0.2) is 12.5 Å². The molecule has 6 heteroatoms. The molecule has 110 valence electrons. The standard InChI is InChI=1S/C16H10S6/c1-4-5-6-10-7-8-11-12(9-10)20-15(19-11)16-21-13(17-2)14(18-3)22-16/h1,7-9H,2-3H3. The lowest BCUT2D eigenvalue weighted by molar-refractivity contribution is 1.26. The number of terminal acetylenes is 1. The van der Waals surface area contributed by atoms with Gasteiger partial charge in [0.15, 0.2) is 0 Å². The average molecular weight is 395 g/mol. The summed E-state index contributed by atoms with van der Waals surface area (Å²) in [7, 11) is 0. The van der Waals surface area contributed by atoms with Crippen molar-refractivity contribution in [2.24, 2.45) is 0 Å². The van der Waals surface area contributed by atoms with E-state index in [0.29, 0.717) is 0 Å². The van der Waals surface area contributed by atoms with E-state index in [1.807, 2.05) is 76.6 Å². The van der Waals surface area contributed by atoms with Crippen molar-refractivity contribution in [1.29, 1.82) is 0 Å². The first-order chi connectivity index (χ1) is 10.7. The summed E-state index contributed by atoms with van der Waals surface area (Å²) in [6.45, 7) is 0. The molecule has 0 aromatic heterocycles. The van der Waals surface area contributed by atoms with Crippen LogP contribution in [0.1, 0.15) is 5.56 Å². The normalized spacial score (nSPS) is 16.4. The predicted molar refractivity (Wildman–Crippen MR) is 110 cm³/mol. The second-order valence-electron chi connectivity index (χ2n) is 4.02. The molecule has 0 radical (unpaired) electrons. The van der Waals surface area contributed by atoms with E-state index in [-0.39, 0.29) is 0 Å². The molecule has 0 nitrogen and oxygen atoms in total. The quantitative estimate of drug-likeness (QED) is 0.534. The molecule has 0 bridgehead atoms. The number of hydrogen-bond donors (Lipinski definition) is 0. The minimum Gasteiger partial charge on any atom is -0.121 e. The van der Waals surface area contributed by atoms with Crippen molar-refractivity contribution in [2.75, 3.05) is 12.5 Å². The number of hydrogen-bond acceptors (Lipinski definition) is 6. The molecule has 1 aromatic rings. The molecule has 2 heterocycles. The largest absolute Gasteiger partial charge is 0.121 e. The maximum absolute atomic E-state index is 5.19. The minimum absolute atomic E-state index is 0.982. The number of fused-ring (bicyclic) bond motifs is 1. The molecule has 0 atom stereocenters. The lowest BCUT2D eigenvalue weighted by atomic mass is 10.2. The van der Waals surface area contributed by atoms with E-state index >= 15 is 0 Å². The van der Waals surface area contributed by atoms with Crippen molar-refractivity contribution in [3.05, 3.63) is 40.7 Å². The van der Waals surface area contributed by atoms with Crippen LogP contribution in [0.4, 0.5) is 0 Å². The van der Waals surface area contributed by atoms with Crippen molar-refractivity contribution in [3.8, 4) is 24.2 Å². The molecule has 2 aliphatic heterocycles. The molecule has 0 saturated carbocycles. The summed E-state index contributed by atoms with van der Waals surface area (Å²) >= 11 is 11.2. The van der Waals surface area contributed by atoms with Gasteiger partial charge in [-0.05, 0) is 42.6 Å². The van der Waals surface area contributed by atoms with E-state index < -0.39 is 0 Å². The van der Waals surface area contributed by atoms with Crippen LogP contribution in [0.25, 0.3) is 0 Å². The lowest BCUT2D eigenvalue weighted by Crippen LogP contribution is -1.76. The van der Waals surface area contributed by atoms with Crippen molar-refractivity contribution in [2.45, 2.75) is 9.79 Å². The lowest BCUT2D eigenvalue weighted by Gasteiger charge is -2.00. The van der Waals surface area contributed by atoms with Gasteiger partial charge in [0.2, 0.25) is 0 Å². The molecular weight excluding hydrogens is 385 g/mol. The Morgan fingerprint density at radius 1 is 0.909 bits per heavy atom. The smallest absolute Gasteiger partial charge is 0.0717 e. The molecule has 1 aromatic carbocycles. The van der Waals surface area contributed by atoms with E-state index in [4.69, 9.17) is 6.42 Å². The Hall–Kier alpha value is -0.0800. The van der Waals surface area contributed by atoms with Crippen molar-refractivity contribution < 1.29 is 0 Å². The van der Waals surface area contributed by atoms with Gasteiger partial charge in [-0.25, -0.2) is 0 Å². The zero-order valence-electron chi connectivity index (χ0n) is 11.8. The Kier molecular flexibility index (Phi) is 5.84. The first kappa shape index (κ1) is 16.8. The molecule has 0 unspecified atom stereocenters. The number of benzene rings is 1. The summed E-state index contributed by atoms with van der Waals surface area (Å²) in [5.41, 5.74) is 0.982. The first-order valence-electron chi connectivity index (χ1n) is 6.13. The van der Waals surface area contributed by atoms with Crippen LogP contribution in [0.3, 0.4) is 0 Å². The highest BCUT2D eigenvalue weighted by Gasteiger charge is 2.28. The van der Waals surface area contributed by atoms with Gasteiger partial charge < -0.3 is 0 Å². The highest BCUT2D eigenvalue weighted by Crippen LogP contribution is 2.63. The van der Waals surface area contributed by atoms with Gasteiger partial charge in [-0.2, -0.15) is 0 Å². The highest BCUT2D eigenvalue weighted by atomic mass is 32.3. The van der Waals surface area contributed by atoms with E-state index in [2.05, 4.69) is 42.4 Å². The van der Waals surface area contributed by atoms with Crippen LogP contribution in [0, 0.1) is 24.2 Å². The number of thioether (sulfide) groups is 6. The summed E-state index contributed by atoms with van der Waals surface area (Å²) in [5, 5.41) is 0. The third kappa shape index (κ3) is 3.53. The van der Waals surface area contributed by atoms with Crippen LogP contribution in [0.15, 0.2) is 44.9 Å². The molecule has 0 fully saturated rings. The molecule has 3 rings (SSSR count). The minimum atomic E-state index is 0.982. The van der Waals surface area contributed by atoms with Crippen LogP contribution in [0.2, 0.25) is 0 Å². The summed E-state index contributed by atoms with van der Waals surface area (Å²) in [6.07, 6.45) is 9.48. The molecule has 0 spiro atoms. The molecule has 0 saturated heterocycles. The molecular formula is C16H10S6. The van der Waals surface area contributed by atoms with E-state index in [0.717, 1.165) is 5.56 Å². The fraction of sp³-hybridized carbons (Fsp3) is 0.125. The van der Waals surface area contributed by atoms with Gasteiger partial charge in [0.25, 0.3) is 0 Å². The highest BCUT2D eigenvalue weighted by molar-refractivity contribution is 8.41. The summed E-state index contributed by atoms with van der Waals surface area (Å²) in [4.78, 5) is 2.59. The second-order valence-corrected chi connectivity index (χ2v) is 10.8. The Labute approximate surface area is 156 Å². The SMILES string of the molecule is C#CC#Cc1ccc2c(c1)SC(=C1SC(SC)=C(SC)S1)S2. The Balaban J connectivity index is 1.84. The Bertz CT molecular complexity index is 767. The van der Waals surface area contributed by atoms with Crippen molar-refractivity contribution in [1.82, 2.24) is 0 Å². The third-order valence-corrected chi connectivity index (χ3v) is 11.0. The topological polar surface area (TPSA) is 0 Å².